The molecule has 0 N–H and O–H groups in total. The van der Waals surface area contributed by atoms with Crippen LogP contribution in [0.2, 0.25) is 5.02 Å². The Labute approximate surface area is 171 Å². The number of halogens is 1. The summed E-state index contributed by atoms with van der Waals surface area (Å²) in [5.41, 5.74) is 1.42. The number of benzene rings is 1. The van der Waals surface area contributed by atoms with Crippen molar-refractivity contribution in [3.8, 4) is 0 Å². The number of carbonyl (C=O) groups is 1. The van der Waals surface area contributed by atoms with Crippen LogP contribution < -0.4 is 0 Å². The van der Waals surface area contributed by atoms with Crippen LogP contribution in [-0.2, 0) is 19.1 Å². The van der Waals surface area contributed by atoms with Gasteiger partial charge >= 0.3 is 5.79 Å². The van der Waals surface area contributed by atoms with Gasteiger partial charge < -0.3 is 14.3 Å². The molecule has 150 valence electrons. The van der Waals surface area contributed by atoms with Gasteiger partial charge in [-0.1, -0.05) is 59.2 Å². The average molecular weight is 404 g/mol. The first-order valence-corrected chi connectivity index (χ1v) is 9.55. The summed E-state index contributed by atoms with van der Waals surface area (Å²) < 4.78 is 11.6. The molecule has 0 radical (unpaired) electrons. The van der Waals surface area contributed by atoms with E-state index in [0.717, 1.165) is 5.57 Å². The van der Waals surface area contributed by atoms with Gasteiger partial charge in [-0.05, 0) is 40.3 Å². The molecule has 1 atom stereocenters. The number of ether oxygens (including phenoxy) is 2. The topological polar surface area (TPSA) is 57.1 Å². The zero-order valence-electron chi connectivity index (χ0n) is 17.3. The van der Waals surface area contributed by atoms with Crippen molar-refractivity contribution in [3.05, 3.63) is 57.8 Å². The largest absolute Gasteiger partial charge is 0.492 e. The van der Waals surface area contributed by atoms with Gasteiger partial charge in [0.25, 0.3) is 11.7 Å². The minimum absolute atomic E-state index is 0.209. The quantitative estimate of drug-likeness (QED) is 0.677. The lowest BCUT2D eigenvalue weighted by atomic mass is 9.71. The molecule has 1 aromatic carbocycles. The van der Waals surface area contributed by atoms with Gasteiger partial charge in [0.05, 0.1) is 7.11 Å². The fourth-order valence-electron chi connectivity index (χ4n) is 3.37. The van der Waals surface area contributed by atoms with Crippen LogP contribution in [0.4, 0.5) is 0 Å². The van der Waals surface area contributed by atoms with Crippen LogP contribution in [0.5, 0.6) is 0 Å². The molecule has 0 aromatic heterocycles. The van der Waals surface area contributed by atoms with Crippen molar-refractivity contribution in [1.82, 2.24) is 0 Å². The standard InChI is InChI=1S/C22H26ClNO4/c1-20(2,3)15-12-16(21(4,5)6)22(18(25)17(15)26-7)27-19(24-28-22)13-9-8-10-14(23)11-13/h8-12H,1-7H3. The number of rotatable bonds is 2. The summed E-state index contributed by atoms with van der Waals surface area (Å²) in [7, 11) is 1.48. The molecule has 1 spiro atoms. The van der Waals surface area contributed by atoms with Crippen LogP contribution in [-0.4, -0.2) is 24.6 Å². The molecule has 1 heterocycles. The van der Waals surface area contributed by atoms with Gasteiger partial charge in [-0.3, -0.25) is 4.79 Å². The van der Waals surface area contributed by atoms with Crippen LogP contribution in [0.15, 0.2) is 52.4 Å². The highest BCUT2D eigenvalue weighted by Gasteiger charge is 2.59. The SMILES string of the molecule is COC1=C(C(C)(C)C)C=C(C(C)(C)C)C2(ON=C(c3cccc(Cl)c3)O2)C1=O. The highest BCUT2D eigenvalue weighted by Crippen LogP contribution is 2.48. The van der Waals surface area contributed by atoms with Crippen molar-refractivity contribution < 1.29 is 19.1 Å². The molecular weight excluding hydrogens is 378 g/mol. The number of hydrogen-bond donors (Lipinski definition) is 0. The van der Waals surface area contributed by atoms with Crippen LogP contribution in [0.25, 0.3) is 0 Å². The zero-order valence-corrected chi connectivity index (χ0v) is 18.1. The number of Topliss-reactive ketones (excluding diaryl/α,β-unsaturated/α-hetero) is 1. The van der Waals surface area contributed by atoms with Gasteiger partial charge in [0.1, 0.15) is 0 Å². The molecule has 3 rings (SSSR count). The molecule has 0 bridgehead atoms. The Morgan fingerprint density at radius 2 is 1.79 bits per heavy atom. The monoisotopic (exact) mass is 403 g/mol. The molecule has 5 nitrogen and oxygen atoms in total. The first kappa shape index (κ1) is 20.5. The molecule has 0 saturated carbocycles. The lowest BCUT2D eigenvalue weighted by Crippen LogP contribution is -2.50. The molecule has 2 aliphatic rings. The van der Waals surface area contributed by atoms with Crippen molar-refractivity contribution in [2.24, 2.45) is 16.0 Å². The Hall–Kier alpha value is -2.27. The number of carbonyl (C=O) groups excluding carboxylic acids is 1. The minimum atomic E-state index is -1.68. The van der Waals surface area contributed by atoms with Crippen molar-refractivity contribution in [1.29, 1.82) is 0 Å². The van der Waals surface area contributed by atoms with Crippen molar-refractivity contribution in [3.63, 3.8) is 0 Å². The van der Waals surface area contributed by atoms with Gasteiger partial charge in [0.2, 0.25) is 0 Å². The van der Waals surface area contributed by atoms with E-state index < -0.39 is 17.0 Å². The maximum Gasteiger partial charge on any atom is 0.368 e. The molecule has 1 aromatic rings. The first-order valence-electron chi connectivity index (χ1n) is 9.17. The fourth-order valence-corrected chi connectivity index (χ4v) is 3.56. The Bertz CT molecular complexity index is 915. The maximum absolute atomic E-state index is 13.6. The minimum Gasteiger partial charge on any atom is -0.492 e. The molecule has 28 heavy (non-hydrogen) atoms. The van der Waals surface area contributed by atoms with E-state index in [1.165, 1.54) is 7.11 Å². The number of methoxy groups -OCH3 is 1. The maximum atomic E-state index is 13.6. The third-order valence-corrected chi connectivity index (χ3v) is 5.02. The molecule has 1 aliphatic carbocycles. The molecule has 1 aliphatic heterocycles. The summed E-state index contributed by atoms with van der Waals surface area (Å²) in [4.78, 5) is 19.3. The smallest absolute Gasteiger partial charge is 0.368 e. The predicted molar refractivity (Wildman–Crippen MR) is 109 cm³/mol. The second-order valence-electron chi connectivity index (χ2n) is 9.05. The molecule has 0 saturated heterocycles. The van der Waals surface area contributed by atoms with Gasteiger partial charge in [-0.2, -0.15) is 0 Å². The summed E-state index contributed by atoms with van der Waals surface area (Å²) >= 11 is 6.09. The van der Waals surface area contributed by atoms with E-state index in [4.69, 9.17) is 25.9 Å². The summed E-state index contributed by atoms with van der Waals surface area (Å²) in [6, 6.07) is 7.06. The van der Waals surface area contributed by atoms with E-state index in [1.54, 1.807) is 24.3 Å². The second kappa shape index (κ2) is 6.66. The lowest BCUT2D eigenvalue weighted by Gasteiger charge is -2.39. The molecule has 6 heteroatoms. The lowest BCUT2D eigenvalue weighted by molar-refractivity contribution is -0.171. The zero-order chi connectivity index (χ0) is 20.9. The van der Waals surface area contributed by atoms with Gasteiger partial charge in [0.15, 0.2) is 5.76 Å². The number of nitrogens with zero attached hydrogens (tertiary/aromatic N) is 1. The summed E-state index contributed by atoms with van der Waals surface area (Å²) in [6.45, 7) is 12.1. The van der Waals surface area contributed by atoms with Crippen LogP contribution in [0, 0.1) is 10.8 Å². The van der Waals surface area contributed by atoms with Gasteiger partial charge in [-0.25, -0.2) is 0 Å². The second-order valence-corrected chi connectivity index (χ2v) is 9.49. The number of oxime groups is 1. The Balaban J connectivity index is 2.13. The summed E-state index contributed by atoms with van der Waals surface area (Å²) in [5.74, 6) is -1.65. The van der Waals surface area contributed by atoms with Gasteiger partial charge in [0, 0.05) is 21.7 Å². The fraction of sp³-hybridized carbons (Fsp3) is 0.455. The third-order valence-electron chi connectivity index (χ3n) is 4.78. The van der Waals surface area contributed by atoms with Crippen molar-refractivity contribution in [2.45, 2.75) is 47.3 Å². The van der Waals surface area contributed by atoms with Gasteiger partial charge in [-0.15, -0.1) is 0 Å². The van der Waals surface area contributed by atoms with E-state index in [2.05, 4.69) is 5.16 Å². The average Bonchev–Trinajstić information content (AvgIpc) is 3.01. The van der Waals surface area contributed by atoms with E-state index >= 15 is 0 Å². The predicted octanol–water partition coefficient (Wildman–Crippen LogP) is 5.25. The molecule has 0 amide bonds. The Morgan fingerprint density at radius 1 is 1.11 bits per heavy atom. The van der Waals surface area contributed by atoms with E-state index in [1.807, 2.05) is 47.6 Å². The third kappa shape index (κ3) is 3.32. The van der Waals surface area contributed by atoms with E-state index in [9.17, 15) is 4.79 Å². The van der Waals surface area contributed by atoms with Crippen LogP contribution >= 0.6 is 11.6 Å². The summed E-state index contributed by atoms with van der Waals surface area (Å²) in [6.07, 6.45) is 1.96. The molecule has 0 fully saturated rings. The Kier molecular flexibility index (Phi) is 4.87. The highest BCUT2D eigenvalue weighted by atomic mass is 35.5. The number of allylic oxidation sites excluding steroid dienone is 2. The first-order chi connectivity index (χ1) is 12.9. The summed E-state index contributed by atoms with van der Waals surface area (Å²) in [5, 5.41) is 4.63. The Morgan fingerprint density at radius 3 is 2.32 bits per heavy atom. The normalized spacial score (nSPS) is 22.6. The number of ketones is 1. The van der Waals surface area contributed by atoms with Crippen molar-refractivity contribution in [2.75, 3.05) is 7.11 Å². The molecule has 1 unspecified atom stereocenters. The molecular formula is C22H26ClNO4. The van der Waals surface area contributed by atoms with Crippen LogP contribution in [0.3, 0.4) is 0 Å². The highest BCUT2D eigenvalue weighted by molar-refractivity contribution is 6.31. The van der Waals surface area contributed by atoms with Crippen molar-refractivity contribution >= 4 is 23.3 Å². The van der Waals surface area contributed by atoms with E-state index in [-0.39, 0.29) is 17.1 Å². The number of hydrogen-bond acceptors (Lipinski definition) is 5. The van der Waals surface area contributed by atoms with E-state index in [0.29, 0.717) is 16.2 Å². The van der Waals surface area contributed by atoms with Crippen LogP contribution in [0.1, 0.15) is 47.1 Å².